The highest BCUT2D eigenvalue weighted by atomic mass is 32.2. The lowest BCUT2D eigenvalue weighted by molar-refractivity contribution is 0.290. The van der Waals surface area contributed by atoms with Crippen LogP contribution in [0, 0.1) is 0 Å². The number of rotatable bonds is 11. The number of thioether (sulfide) groups is 1. The summed E-state index contributed by atoms with van der Waals surface area (Å²) in [6.07, 6.45) is 9.59. The van der Waals surface area contributed by atoms with Gasteiger partial charge in [-0.2, -0.15) is 4.98 Å². The molecule has 0 bridgehead atoms. The lowest BCUT2D eigenvalue weighted by atomic mass is 10.1. The molecular formula is C15H27N3OS. The Kier molecular flexibility index (Phi) is 9.20. The third-order valence-electron chi connectivity index (χ3n) is 2.97. The number of nitrogens with one attached hydrogen (secondary N) is 1. The van der Waals surface area contributed by atoms with Gasteiger partial charge in [-0.15, -0.1) is 0 Å². The number of hydrogen-bond donors (Lipinski definition) is 1. The van der Waals surface area contributed by atoms with Crippen LogP contribution in [-0.2, 0) is 0 Å². The number of anilines is 1. The second-order valence-electron chi connectivity index (χ2n) is 4.72. The summed E-state index contributed by atoms with van der Waals surface area (Å²) in [6.45, 7) is 5.88. The van der Waals surface area contributed by atoms with Gasteiger partial charge in [0.1, 0.15) is 5.82 Å². The van der Waals surface area contributed by atoms with Gasteiger partial charge in [-0.3, -0.25) is 0 Å². The lowest BCUT2D eigenvalue weighted by Gasteiger charge is -2.09. The van der Waals surface area contributed by atoms with Gasteiger partial charge < -0.3 is 10.1 Å². The summed E-state index contributed by atoms with van der Waals surface area (Å²) in [5.74, 6) is 1.51. The first kappa shape index (κ1) is 17.1. The fourth-order valence-corrected chi connectivity index (χ4v) is 2.27. The lowest BCUT2D eigenvalue weighted by Crippen LogP contribution is -2.04. The first-order valence-corrected chi connectivity index (χ1v) is 8.82. The van der Waals surface area contributed by atoms with Crippen molar-refractivity contribution in [1.29, 1.82) is 0 Å². The van der Waals surface area contributed by atoms with E-state index in [0.29, 0.717) is 5.88 Å². The molecule has 20 heavy (non-hydrogen) atoms. The molecule has 1 N–H and O–H groups in total. The van der Waals surface area contributed by atoms with Crippen LogP contribution in [0.4, 0.5) is 5.82 Å². The Labute approximate surface area is 127 Å². The predicted molar refractivity (Wildman–Crippen MR) is 86.8 cm³/mol. The van der Waals surface area contributed by atoms with Crippen LogP contribution in [0.5, 0.6) is 5.88 Å². The highest BCUT2D eigenvalue weighted by Crippen LogP contribution is 2.19. The molecular weight excluding hydrogens is 270 g/mol. The van der Waals surface area contributed by atoms with Crippen molar-refractivity contribution in [2.24, 2.45) is 0 Å². The largest absolute Gasteiger partial charge is 0.478 e. The Balaban J connectivity index is 2.33. The molecule has 0 saturated carbocycles. The Morgan fingerprint density at radius 1 is 1.10 bits per heavy atom. The van der Waals surface area contributed by atoms with E-state index >= 15 is 0 Å². The van der Waals surface area contributed by atoms with Crippen molar-refractivity contribution >= 4 is 17.6 Å². The molecule has 0 fully saturated rings. The molecule has 0 aromatic carbocycles. The maximum atomic E-state index is 5.74. The summed E-state index contributed by atoms with van der Waals surface area (Å²) in [7, 11) is 0. The third-order valence-corrected chi connectivity index (χ3v) is 3.52. The summed E-state index contributed by atoms with van der Waals surface area (Å²) in [4.78, 5) is 8.75. The van der Waals surface area contributed by atoms with E-state index < -0.39 is 0 Å². The Bertz CT molecular complexity index is 374. The number of unbranched alkanes of at least 4 members (excludes halogenated alkanes) is 5. The molecule has 0 saturated heterocycles. The minimum absolute atomic E-state index is 0.675. The van der Waals surface area contributed by atoms with E-state index in [1.165, 1.54) is 43.9 Å². The van der Waals surface area contributed by atoms with Gasteiger partial charge in [0.15, 0.2) is 5.16 Å². The van der Waals surface area contributed by atoms with E-state index in [0.717, 1.165) is 30.5 Å². The second kappa shape index (κ2) is 10.8. The van der Waals surface area contributed by atoms with Gasteiger partial charge in [0, 0.05) is 12.6 Å². The molecule has 4 nitrogen and oxygen atoms in total. The third kappa shape index (κ3) is 6.98. The van der Waals surface area contributed by atoms with Gasteiger partial charge in [-0.25, -0.2) is 4.98 Å². The maximum Gasteiger partial charge on any atom is 0.219 e. The van der Waals surface area contributed by atoms with Crippen LogP contribution in [0.2, 0.25) is 0 Å². The Hall–Kier alpha value is -0.970. The average Bonchev–Trinajstić information content (AvgIpc) is 2.46. The fourth-order valence-electron chi connectivity index (χ4n) is 1.90. The minimum atomic E-state index is 0.675. The zero-order chi connectivity index (χ0) is 14.6. The molecule has 0 atom stereocenters. The number of nitrogens with zero attached hydrogens (tertiary/aromatic N) is 2. The van der Waals surface area contributed by atoms with Crippen LogP contribution in [-0.4, -0.2) is 29.4 Å². The van der Waals surface area contributed by atoms with Crippen molar-refractivity contribution in [1.82, 2.24) is 9.97 Å². The molecule has 114 valence electrons. The molecule has 0 aliphatic heterocycles. The summed E-state index contributed by atoms with van der Waals surface area (Å²) < 4.78 is 5.74. The van der Waals surface area contributed by atoms with Gasteiger partial charge >= 0.3 is 0 Å². The zero-order valence-electron chi connectivity index (χ0n) is 12.9. The van der Waals surface area contributed by atoms with Crippen LogP contribution in [0.3, 0.4) is 0 Å². The number of aromatic nitrogens is 2. The maximum absolute atomic E-state index is 5.74. The Morgan fingerprint density at radius 2 is 1.85 bits per heavy atom. The van der Waals surface area contributed by atoms with Crippen LogP contribution < -0.4 is 10.1 Å². The second-order valence-corrected chi connectivity index (χ2v) is 5.50. The molecule has 1 rings (SSSR count). The smallest absolute Gasteiger partial charge is 0.219 e. The van der Waals surface area contributed by atoms with Gasteiger partial charge in [0.2, 0.25) is 5.88 Å². The van der Waals surface area contributed by atoms with E-state index in [1.54, 1.807) is 0 Å². The quantitative estimate of drug-likeness (QED) is 0.373. The molecule has 0 unspecified atom stereocenters. The summed E-state index contributed by atoms with van der Waals surface area (Å²) in [5.41, 5.74) is 0. The van der Waals surface area contributed by atoms with Gasteiger partial charge in [-0.05, 0) is 19.6 Å². The van der Waals surface area contributed by atoms with Crippen LogP contribution in [0.1, 0.15) is 52.4 Å². The summed E-state index contributed by atoms with van der Waals surface area (Å²) in [6, 6.07) is 1.88. The molecule has 5 heteroatoms. The highest BCUT2D eigenvalue weighted by molar-refractivity contribution is 7.98. The molecule has 0 spiro atoms. The van der Waals surface area contributed by atoms with Crippen LogP contribution in [0.25, 0.3) is 0 Å². The van der Waals surface area contributed by atoms with Gasteiger partial charge in [0.05, 0.1) is 6.61 Å². The normalized spacial score (nSPS) is 10.6. The molecule has 1 aromatic heterocycles. The van der Waals surface area contributed by atoms with Crippen LogP contribution in [0.15, 0.2) is 11.2 Å². The van der Waals surface area contributed by atoms with Crippen molar-refractivity contribution in [3.05, 3.63) is 6.07 Å². The Morgan fingerprint density at radius 3 is 2.55 bits per heavy atom. The number of ether oxygens (including phenoxy) is 1. The first-order valence-electron chi connectivity index (χ1n) is 7.59. The van der Waals surface area contributed by atoms with Crippen molar-refractivity contribution < 1.29 is 4.74 Å². The number of hydrogen-bond acceptors (Lipinski definition) is 5. The standard InChI is InChI=1S/C15H27N3OS/c1-4-6-7-8-9-10-11-19-14-12-13(16-5-2)17-15(18-14)20-3/h12H,4-11H2,1-3H3,(H,16,17,18). The van der Waals surface area contributed by atoms with Gasteiger partial charge in [0.25, 0.3) is 0 Å². The van der Waals surface area contributed by atoms with E-state index in [-0.39, 0.29) is 0 Å². The van der Waals surface area contributed by atoms with Crippen molar-refractivity contribution in [2.75, 3.05) is 24.7 Å². The fraction of sp³-hybridized carbons (Fsp3) is 0.733. The predicted octanol–water partition coefficient (Wildman–Crippen LogP) is 4.37. The first-order chi connectivity index (χ1) is 9.80. The summed E-state index contributed by atoms with van der Waals surface area (Å²) >= 11 is 1.53. The molecule has 0 radical (unpaired) electrons. The highest BCUT2D eigenvalue weighted by Gasteiger charge is 2.04. The topological polar surface area (TPSA) is 47.0 Å². The van der Waals surface area contributed by atoms with E-state index in [9.17, 15) is 0 Å². The molecule has 1 aromatic rings. The van der Waals surface area contributed by atoms with E-state index in [1.807, 2.05) is 12.3 Å². The molecule has 1 heterocycles. The van der Waals surface area contributed by atoms with Gasteiger partial charge in [-0.1, -0.05) is 50.8 Å². The average molecular weight is 297 g/mol. The van der Waals surface area contributed by atoms with E-state index in [2.05, 4.69) is 29.1 Å². The molecule has 0 aliphatic rings. The monoisotopic (exact) mass is 297 g/mol. The molecule has 0 aliphatic carbocycles. The van der Waals surface area contributed by atoms with Crippen molar-refractivity contribution in [2.45, 2.75) is 57.5 Å². The summed E-state index contributed by atoms with van der Waals surface area (Å²) in [5, 5.41) is 3.95. The van der Waals surface area contributed by atoms with Crippen molar-refractivity contribution in [3.8, 4) is 5.88 Å². The van der Waals surface area contributed by atoms with Crippen molar-refractivity contribution in [3.63, 3.8) is 0 Å². The minimum Gasteiger partial charge on any atom is -0.478 e. The van der Waals surface area contributed by atoms with E-state index in [4.69, 9.17) is 4.74 Å². The SMILES string of the molecule is CCCCCCCCOc1cc(NCC)nc(SC)n1. The molecule has 0 amide bonds. The zero-order valence-corrected chi connectivity index (χ0v) is 13.8. The van der Waals surface area contributed by atoms with Crippen LogP contribution >= 0.6 is 11.8 Å².